The topological polar surface area (TPSA) is 21.6 Å². The molecule has 0 aromatic rings. The predicted molar refractivity (Wildman–Crippen MR) is 70.1 cm³/mol. The largest absolute Gasteiger partial charge is 0.381 e. The highest BCUT2D eigenvalue weighted by Gasteiger charge is 2.11. The van der Waals surface area contributed by atoms with E-state index in [0.29, 0.717) is 6.04 Å². The molecule has 2 heteroatoms. The molecule has 0 saturated carbocycles. The van der Waals surface area contributed by atoms with Gasteiger partial charge in [0.1, 0.15) is 0 Å². The zero-order valence-corrected chi connectivity index (χ0v) is 10.5. The summed E-state index contributed by atoms with van der Waals surface area (Å²) in [5.41, 5.74) is 2.55. The summed E-state index contributed by atoms with van der Waals surface area (Å²) in [5.74, 6) is 0. The van der Waals surface area contributed by atoms with Gasteiger partial charge in [-0.1, -0.05) is 18.6 Å². The first-order valence-corrected chi connectivity index (χ1v) is 6.18. The third kappa shape index (κ3) is 4.75. The van der Waals surface area contributed by atoms with Gasteiger partial charge in [-0.2, -0.15) is 0 Å². The van der Waals surface area contributed by atoms with Crippen LogP contribution in [0, 0.1) is 0 Å². The van der Waals surface area contributed by atoms with Gasteiger partial charge in [0, 0.05) is 18.9 Å². The molecule has 90 valence electrons. The van der Waals surface area contributed by atoms with Crippen molar-refractivity contribution in [1.29, 1.82) is 0 Å². The molecule has 0 N–H and O–H groups in total. The maximum absolute atomic E-state index is 5.32. The van der Waals surface area contributed by atoms with Gasteiger partial charge < -0.3 is 4.74 Å². The van der Waals surface area contributed by atoms with Gasteiger partial charge in [0.05, 0.1) is 6.04 Å². The van der Waals surface area contributed by atoms with Crippen LogP contribution < -0.4 is 0 Å². The Bertz CT molecular complexity index is 272. The summed E-state index contributed by atoms with van der Waals surface area (Å²) in [6.07, 6.45) is 8.33. The first-order valence-electron chi connectivity index (χ1n) is 6.18. The summed E-state index contributed by atoms with van der Waals surface area (Å²) in [7, 11) is 0. The Balaban J connectivity index is 2.56. The molecule has 0 aromatic heterocycles. The second-order valence-electron chi connectivity index (χ2n) is 4.26. The van der Waals surface area contributed by atoms with Crippen LogP contribution in [0.5, 0.6) is 0 Å². The van der Waals surface area contributed by atoms with Crippen LogP contribution in [0.3, 0.4) is 0 Å². The fraction of sp³-hybridized carbons (Fsp3) is 0.643. The van der Waals surface area contributed by atoms with Gasteiger partial charge >= 0.3 is 0 Å². The Morgan fingerprint density at radius 2 is 2.12 bits per heavy atom. The summed E-state index contributed by atoms with van der Waals surface area (Å²) in [6.45, 7) is 9.76. The van der Waals surface area contributed by atoms with Gasteiger partial charge in [0.2, 0.25) is 0 Å². The number of aliphatic imine (C=N–C) groups is 1. The molecular formula is C14H23NO. The fourth-order valence-corrected chi connectivity index (χ4v) is 1.93. The predicted octanol–water partition coefficient (Wildman–Crippen LogP) is 3.54. The zero-order chi connectivity index (χ0) is 11.8. The highest BCUT2D eigenvalue weighted by Crippen LogP contribution is 2.12. The number of allylic oxidation sites excluding steroid dienone is 3. The van der Waals surface area contributed by atoms with Crippen LogP contribution in [-0.2, 0) is 4.74 Å². The molecule has 0 radical (unpaired) electrons. The van der Waals surface area contributed by atoms with Crippen LogP contribution >= 0.6 is 0 Å². The van der Waals surface area contributed by atoms with E-state index in [1.54, 1.807) is 0 Å². The Hall–Kier alpha value is -0.890. The summed E-state index contributed by atoms with van der Waals surface area (Å²) in [6, 6.07) is 0.465. The molecule has 0 spiro atoms. The van der Waals surface area contributed by atoms with Gasteiger partial charge in [0.15, 0.2) is 0 Å². The minimum atomic E-state index is 0.465. The molecular weight excluding hydrogens is 198 g/mol. The third-order valence-electron chi connectivity index (χ3n) is 2.85. The van der Waals surface area contributed by atoms with E-state index < -0.39 is 0 Å². The molecule has 1 aliphatic rings. The van der Waals surface area contributed by atoms with Crippen LogP contribution in [-0.4, -0.2) is 25.0 Å². The number of hydrogen-bond donors (Lipinski definition) is 0. The van der Waals surface area contributed by atoms with E-state index in [1.807, 2.05) is 6.08 Å². The first kappa shape index (κ1) is 13.2. The van der Waals surface area contributed by atoms with Crippen LogP contribution in [0.1, 0.15) is 39.5 Å². The van der Waals surface area contributed by atoms with Crippen molar-refractivity contribution in [1.82, 2.24) is 0 Å². The number of rotatable bonds is 5. The number of hydrogen-bond acceptors (Lipinski definition) is 2. The van der Waals surface area contributed by atoms with Crippen LogP contribution in [0.15, 0.2) is 29.3 Å². The van der Waals surface area contributed by atoms with Crippen molar-refractivity contribution in [3.05, 3.63) is 24.3 Å². The van der Waals surface area contributed by atoms with E-state index in [0.717, 1.165) is 44.6 Å². The molecule has 0 bridgehead atoms. The van der Waals surface area contributed by atoms with Crippen LogP contribution in [0.25, 0.3) is 0 Å². The molecule has 1 rings (SSSR count). The molecule has 1 aliphatic heterocycles. The normalized spacial score (nSPS) is 19.9. The quantitative estimate of drug-likeness (QED) is 0.514. The minimum Gasteiger partial charge on any atom is -0.381 e. The van der Waals surface area contributed by atoms with E-state index >= 15 is 0 Å². The lowest BCUT2D eigenvalue weighted by atomic mass is 10.1. The van der Waals surface area contributed by atoms with Crippen molar-refractivity contribution in [3.63, 3.8) is 0 Å². The van der Waals surface area contributed by atoms with Gasteiger partial charge in [-0.3, -0.25) is 4.99 Å². The lowest BCUT2D eigenvalue weighted by Gasteiger charge is -2.18. The molecule has 1 heterocycles. The molecule has 0 aromatic carbocycles. The number of ether oxygens (including phenoxy) is 1. The molecule has 0 amide bonds. The smallest absolute Gasteiger partial charge is 0.0546 e. The van der Waals surface area contributed by atoms with Crippen molar-refractivity contribution in [2.75, 3.05) is 13.2 Å². The lowest BCUT2D eigenvalue weighted by Crippen LogP contribution is -2.19. The van der Waals surface area contributed by atoms with E-state index in [4.69, 9.17) is 9.73 Å². The van der Waals surface area contributed by atoms with Crippen molar-refractivity contribution in [3.8, 4) is 0 Å². The van der Waals surface area contributed by atoms with Gasteiger partial charge in [-0.15, -0.1) is 6.58 Å². The van der Waals surface area contributed by atoms with Crippen LogP contribution in [0.2, 0.25) is 0 Å². The second kappa shape index (κ2) is 7.39. The number of nitrogens with zero attached hydrogens (tertiary/aromatic N) is 1. The molecule has 16 heavy (non-hydrogen) atoms. The minimum absolute atomic E-state index is 0.465. The van der Waals surface area contributed by atoms with E-state index in [9.17, 15) is 0 Å². The van der Waals surface area contributed by atoms with Crippen molar-refractivity contribution < 1.29 is 4.74 Å². The van der Waals surface area contributed by atoms with E-state index in [-0.39, 0.29) is 0 Å². The monoisotopic (exact) mass is 221 g/mol. The van der Waals surface area contributed by atoms with Crippen molar-refractivity contribution in [2.45, 2.75) is 45.6 Å². The Morgan fingerprint density at radius 1 is 1.44 bits per heavy atom. The summed E-state index contributed by atoms with van der Waals surface area (Å²) < 4.78 is 5.32. The third-order valence-corrected chi connectivity index (χ3v) is 2.85. The molecule has 1 fully saturated rings. The zero-order valence-electron chi connectivity index (χ0n) is 10.5. The highest BCUT2D eigenvalue weighted by atomic mass is 16.5. The molecule has 1 saturated heterocycles. The summed E-state index contributed by atoms with van der Waals surface area (Å²) in [5, 5.41) is 0. The van der Waals surface area contributed by atoms with Gasteiger partial charge in [-0.25, -0.2) is 0 Å². The Morgan fingerprint density at radius 3 is 2.69 bits per heavy atom. The maximum Gasteiger partial charge on any atom is 0.0546 e. The Labute approximate surface area is 99.1 Å². The first-order chi connectivity index (χ1) is 7.76. The van der Waals surface area contributed by atoms with E-state index in [1.165, 1.54) is 5.57 Å². The summed E-state index contributed by atoms with van der Waals surface area (Å²) in [4.78, 5) is 4.73. The Kier molecular flexibility index (Phi) is 6.09. The lowest BCUT2D eigenvalue weighted by molar-refractivity contribution is 0.0871. The average molecular weight is 221 g/mol. The summed E-state index contributed by atoms with van der Waals surface area (Å²) >= 11 is 0. The molecule has 0 unspecified atom stereocenters. The fourth-order valence-electron chi connectivity index (χ4n) is 1.93. The van der Waals surface area contributed by atoms with E-state index in [2.05, 4.69) is 26.5 Å². The molecule has 2 nitrogen and oxygen atoms in total. The SMILES string of the molecule is C=CCC(=CC(C)=NC1CCOCC1)CC. The average Bonchev–Trinajstić information content (AvgIpc) is 2.29. The highest BCUT2D eigenvalue weighted by molar-refractivity contribution is 5.93. The maximum atomic E-state index is 5.32. The van der Waals surface area contributed by atoms with Crippen LogP contribution in [0.4, 0.5) is 0 Å². The van der Waals surface area contributed by atoms with Crippen molar-refractivity contribution in [2.24, 2.45) is 4.99 Å². The van der Waals surface area contributed by atoms with Gasteiger partial charge in [0.25, 0.3) is 0 Å². The molecule has 0 atom stereocenters. The van der Waals surface area contributed by atoms with Crippen molar-refractivity contribution >= 4 is 5.71 Å². The molecule has 0 aliphatic carbocycles. The van der Waals surface area contributed by atoms with Gasteiger partial charge in [-0.05, 0) is 38.7 Å². The second-order valence-corrected chi connectivity index (χ2v) is 4.26. The standard InChI is InChI=1S/C14H23NO/c1-4-6-13(5-2)11-12(3)15-14-7-9-16-10-8-14/h4,11,14H,1,5-10H2,2-3H3.